The number of hydrogen-bond acceptors (Lipinski definition) is 2. The smallest absolute Gasteiger partial charge is 0.222 e. The third kappa shape index (κ3) is 5.02. The van der Waals surface area contributed by atoms with Crippen molar-refractivity contribution in [3.05, 3.63) is 34.6 Å². The molecule has 3 nitrogen and oxygen atoms in total. The molecule has 0 unspecified atom stereocenters. The van der Waals surface area contributed by atoms with E-state index in [4.69, 9.17) is 11.6 Å². The second-order valence-electron chi connectivity index (χ2n) is 4.37. The highest BCUT2D eigenvalue weighted by Gasteiger charge is 2.04. The predicted octanol–water partition coefficient (Wildman–Crippen LogP) is 2.34. The van der Waals surface area contributed by atoms with Gasteiger partial charge in [-0.1, -0.05) is 31.5 Å². The number of rotatable bonds is 6. The Morgan fingerprint density at radius 2 is 2.11 bits per heavy atom. The molecule has 0 aliphatic heterocycles. The monoisotopic (exact) mass is 272 g/mol. The maximum absolute atomic E-state index is 13.1. The van der Waals surface area contributed by atoms with Gasteiger partial charge in [-0.2, -0.15) is 0 Å². The van der Waals surface area contributed by atoms with E-state index < -0.39 is 5.82 Å². The number of halogens is 2. The minimum Gasteiger partial charge on any atom is -0.355 e. The van der Waals surface area contributed by atoms with Crippen molar-refractivity contribution >= 4 is 17.5 Å². The lowest BCUT2D eigenvalue weighted by Crippen LogP contribution is -2.34. The second-order valence-corrected chi connectivity index (χ2v) is 4.78. The lowest BCUT2D eigenvalue weighted by Gasteiger charge is -2.09. The van der Waals surface area contributed by atoms with Crippen LogP contribution in [0.4, 0.5) is 4.39 Å². The molecule has 18 heavy (non-hydrogen) atoms. The Balaban J connectivity index is 2.22. The highest BCUT2D eigenvalue weighted by molar-refractivity contribution is 6.30. The Hall–Kier alpha value is -1.13. The zero-order chi connectivity index (χ0) is 13.5. The summed E-state index contributed by atoms with van der Waals surface area (Å²) in [5.41, 5.74) is 0.826. The van der Waals surface area contributed by atoms with Crippen LogP contribution < -0.4 is 10.6 Å². The van der Waals surface area contributed by atoms with Crippen LogP contribution in [-0.4, -0.2) is 19.0 Å². The molecule has 0 aliphatic carbocycles. The average Bonchev–Trinajstić information content (AvgIpc) is 2.32. The van der Waals surface area contributed by atoms with Crippen LogP contribution in [0.2, 0.25) is 5.02 Å². The van der Waals surface area contributed by atoms with Crippen molar-refractivity contribution in [2.75, 3.05) is 13.1 Å². The van der Waals surface area contributed by atoms with Crippen molar-refractivity contribution in [2.24, 2.45) is 5.92 Å². The molecule has 0 saturated carbocycles. The van der Waals surface area contributed by atoms with E-state index in [-0.39, 0.29) is 16.8 Å². The van der Waals surface area contributed by atoms with E-state index in [0.717, 1.165) is 5.56 Å². The van der Waals surface area contributed by atoms with Crippen molar-refractivity contribution < 1.29 is 9.18 Å². The molecule has 1 aromatic rings. The number of nitrogens with one attached hydrogen (secondary N) is 2. The van der Waals surface area contributed by atoms with E-state index in [2.05, 4.69) is 10.6 Å². The van der Waals surface area contributed by atoms with Crippen molar-refractivity contribution in [3.63, 3.8) is 0 Å². The van der Waals surface area contributed by atoms with Crippen LogP contribution in [0.3, 0.4) is 0 Å². The van der Waals surface area contributed by atoms with Crippen molar-refractivity contribution in [2.45, 2.75) is 20.4 Å². The fourth-order valence-corrected chi connectivity index (χ4v) is 1.48. The Morgan fingerprint density at radius 3 is 2.72 bits per heavy atom. The molecule has 2 N–H and O–H groups in total. The summed E-state index contributed by atoms with van der Waals surface area (Å²) in [5, 5.41) is 6.04. The lowest BCUT2D eigenvalue weighted by atomic mass is 10.2. The van der Waals surface area contributed by atoms with Crippen LogP contribution in [-0.2, 0) is 11.3 Å². The third-order valence-electron chi connectivity index (χ3n) is 2.44. The largest absolute Gasteiger partial charge is 0.355 e. The van der Waals surface area contributed by atoms with Gasteiger partial charge in [0.15, 0.2) is 0 Å². The van der Waals surface area contributed by atoms with E-state index in [1.165, 1.54) is 12.1 Å². The first kappa shape index (κ1) is 14.9. The molecule has 0 saturated heterocycles. The summed E-state index contributed by atoms with van der Waals surface area (Å²) in [6.07, 6.45) is 0. The van der Waals surface area contributed by atoms with E-state index in [0.29, 0.717) is 19.6 Å². The normalized spacial score (nSPS) is 10.7. The van der Waals surface area contributed by atoms with Gasteiger partial charge < -0.3 is 10.6 Å². The van der Waals surface area contributed by atoms with Gasteiger partial charge in [0.2, 0.25) is 5.91 Å². The Kier molecular flexibility index (Phi) is 6.09. The number of amides is 1. The van der Waals surface area contributed by atoms with Crippen LogP contribution in [0, 0.1) is 11.7 Å². The van der Waals surface area contributed by atoms with E-state index >= 15 is 0 Å². The molecule has 100 valence electrons. The molecule has 1 aromatic carbocycles. The Labute approximate surface area is 112 Å². The first-order valence-electron chi connectivity index (χ1n) is 5.93. The molecule has 0 fully saturated rings. The minimum absolute atomic E-state index is 0.00430. The standard InChI is InChI=1S/C13H18ClFN2O/c1-9(2)13(18)17-6-5-16-8-10-3-4-11(14)12(15)7-10/h3-4,7,9,16H,5-6,8H2,1-2H3,(H,17,18). The molecular formula is C13H18ClFN2O. The summed E-state index contributed by atoms with van der Waals surface area (Å²) >= 11 is 5.59. The summed E-state index contributed by atoms with van der Waals surface area (Å²) in [6.45, 7) is 5.44. The summed E-state index contributed by atoms with van der Waals surface area (Å²) < 4.78 is 13.1. The molecule has 0 spiro atoms. The van der Waals surface area contributed by atoms with Gasteiger partial charge in [-0.05, 0) is 17.7 Å². The summed E-state index contributed by atoms with van der Waals surface area (Å²) in [6, 6.07) is 4.71. The van der Waals surface area contributed by atoms with Gasteiger partial charge in [0.05, 0.1) is 5.02 Å². The number of carbonyl (C=O) groups excluding carboxylic acids is 1. The molecule has 1 rings (SSSR count). The van der Waals surface area contributed by atoms with E-state index in [1.807, 2.05) is 13.8 Å². The topological polar surface area (TPSA) is 41.1 Å². The summed E-state index contributed by atoms with van der Waals surface area (Å²) in [4.78, 5) is 11.3. The lowest BCUT2D eigenvalue weighted by molar-refractivity contribution is -0.123. The molecule has 5 heteroatoms. The molecule has 1 amide bonds. The zero-order valence-electron chi connectivity index (χ0n) is 10.6. The average molecular weight is 273 g/mol. The van der Waals surface area contributed by atoms with Gasteiger partial charge in [-0.3, -0.25) is 4.79 Å². The quantitative estimate of drug-likeness (QED) is 0.781. The Bertz CT molecular complexity index is 410. The zero-order valence-corrected chi connectivity index (χ0v) is 11.4. The molecule has 0 atom stereocenters. The fourth-order valence-electron chi connectivity index (χ4n) is 1.36. The third-order valence-corrected chi connectivity index (χ3v) is 2.75. The molecular weight excluding hydrogens is 255 g/mol. The van der Waals surface area contributed by atoms with Crippen molar-refractivity contribution in [3.8, 4) is 0 Å². The van der Waals surface area contributed by atoms with Crippen LogP contribution >= 0.6 is 11.6 Å². The summed E-state index contributed by atoms with van der Waals surface area (Å²) in [5.74, 6) is -0.381. The molecule has 0 radical (unpaired) electrons. The van der Waals surface area contributed by atoms with Crippen LogP contribution in [0.25, 0.3) is 0 Å². The maximum Gasteiger partial charge on any atom is 0.222 e. The molecule has 0 aliphatic rings. The van der Waals surface area contributed by atoms with Crippen LogP contribution in [0.1, 0.15) is 19.4 Å². The van der Waals surface area contributed by atoms with Gasteiger partial charge >= 0.3 is 0 Å². The van der Waals surface area contributed by atoms with E-state index in [9.17, 15) is 9.18 Å². The van der Waals surface area contributed by atoms with E-state index in [1.54, 1.807) is 6.07 Å². The SMILES string of the molecule is CC(C)C(=O)NCCNCc1ccc(Cl)c(F)c1. The summed E-state index contributed by atoms with van der Waals surface area (Å²) in [7, 11) is 0. The maximum atomic E-state index is 13.1. The van der Waals surface area contributed by atoms with Gasteiger partial charge in [0.25, 0.3) is 0 Å². The first-order valence-corrected chi connectivity index (χ1v) is 6.31. The number of carbonyl (C=O) groups is 1. The van der Waals surface area contributed by atoms with Gasteiger partial charge in [-0.25, -0.2) is 4.39 Å². The van der Waals surface area contributed by atoms with Crippen molar-refractivity contribution in [1.29, 1.82) is 0 Å². The number of benzene rings is 1. The predicted molar refractivity (Wildman–Crippen MR) is 71.0 cm³/mol. The number of hydrogen-bond donors (Lipinski definition) is 2. The van der Waals surface area contributed by atoms with Crippen molar-refractivity contribution in [1.82, 2.24) is 10.6 Å². The highest BCUT2D eigenvalue weighted by atomic mass is 35.5. The molecule has 0 heterocycles. The first-order chi connectivity index (χ1) is 8.50. The minimum atomic E-state index is -0.413. The highest BCUT2D eigenvalue weighted by Crippen LogP contribution is 2.15. The fraction of sp³-hybridized carbons (Fsp3) is 0.462. The van der Waals surface area contributed by atoms with Gasteiger partial charge in [0, 0.05) is 25.6 Å². The molecule has 0 bridgehead atoms. The van der Waals surface area contributed by atoms with Gasteiger partial charge in [-0.15, -0.1) is 0 Å². The second kappa shape index (κ2) is 7.34. The Morgan fingerprint density at radius 1 is 1.39 bits per heavy atom. The van der Waals surface area contributed by atoms with Crippen LogP contribution in [0.5, 0.6) is 0 Å². The molecule has 0 aromatic heterocycles. The van der Waals surface area contributed by atoms with Gasteiger partial charge in [0.1, 0.15) is 5.82 Å². The van der Waals surface area contributed by atoms with Crippen LogP contribution in [0.15, 0.2) is 18.2 Å².